The fourth-order valence-corrected chi connectivity index (χ4v) is 4.00. The molecule has 1 saturated heterocycles. The predicted molar refractivity (Wildman–Crippen MR) is 128 cm³/mol. The van der Waals surface area contributed by atoms with Gasteiger partial charge in [-0.05, 0) is 49.2 Å². The van der Waals surface area contributed by atoms with Crippen LogP contribution in [-0.2, 0) is 12.7 Å². The van der Waals surface area contributed by atoms with E-state index in [0.29, 0.717) is 18.2 Å². The quantitative estimate of drug-likeness (QED) is 0.373. The first-order valence-electron chi connectivity index (χ1n) is 11.5. The fourth-order valence-electron chi connectivity index (χ4n) is 4.00. The Balaban J connectivity index is 1.50. The maximum absolute atomic E-state index is 13.3. The van der Waals surface area contributed by atoms with Crippen LogP contribution in [0.5, 0.6) is 0 Å². The number of halogens is 4. The first-order chi connectivity index (χ1) is 17.6. The number of alkyl halides is 3. The molecule has 0 saturated carbocycles. The Hall–Kier alpha value is -4.06. The number of amides is 2. The van der Waals surface area contributed by atoms with Crippen molar-refractivity contribution in [2.45, 2.75) is 31.6 Å². The summed E-state index contributed by atoms with van der Waals surface area (Å²) >= 11 is 0. The molecule has 0 radical (unpaired) electrons. The largest absolute Gasteiger partial charge is 0.416 e. The third-order valence-electron chi connectivity index (χ3n) is 5.89. The van der Waals surface area contributed by atoms with Gasteiger partial charge < -0.3 is 21.7 Å². The number of nitrogens with zero attached hydrogens (tertiary/aromatic N) is 2. The molecule has 4 rings (SSSR count). The molecule has 0 aliphatic carbocycles. The third kappa shape index (κ3) is 6.39. The molecule has 5 N–H and O–H groups in total. The smallest absolute Gasteiger partial charge is 0.382 e. The Labute approximate surface area is 209 Å². The van der Waals surface area contributed by atoms with Crippen molar-refractivity contribution in [1.82, 2.24) is 25.9 Å². The monoisotopic (exact) mass is 516 g/mol. The molecule has 2 aromatic carbocycles. The molecule has 12 heteroatoms. The summed E-state index contributed by atoms with van der Waals surface area (Å²) < 4.78 is 53.0. The molecule has 1 aliphatic heterocycles. The van der Waals surface area contributed by atoms with E-state index in [-0.39, 0.29) is 34.4 Å². The first-order valence-corrected chi connectivity index (χ1v) is 11.5. The van der Waals surface area contributed by atoms with Crippen molar-refractivity contribution in [2.24, 2.45) is 0 Å². The predicted octanol–water partition coefficient (Wildman–Crippen LogP) is 3.30. The van der Waals surface area contributed by atoms with Gasteiger partial charge in [0.15, 0.2) is 11.5 Å². The molecule has 1 unspecified atom stereocenters. The van der Waals surface area contributed by atoms with Crippen LogP contribution in [0.15, 0.2) is 48.7 Å². The Morgan fingerprint density at radius 3 is 2.68 bits per heavy atom. The summed E-state index contributed by atoms with van der Waals surface area (Å²) in [5.41, 5.74) is 5.28. The zero-order valence-corrected chi connectivity index (χ0v) is 19.5. The topological polar surface area (TPSA) is 122 Å². The highest BCUT2D eigenvalue weighted by molar-refractivity contribution is 5.97. The summed E-state index contributed by atoms with van der Waals surface area (Å²) in [7, 11) is 0. The van der Waals surface area contributed by atoms with Crippen LogP contribution in [0.2, 0.25) is 0 Å². The Bertz CT molecular complexity index is 1310. The maximum atomic E-state index is 13.3. The highest BCUT2D eigenvalue weighted by atomic mass is 19.4. The number of rotatable bonds is 6. The van der Waals surface area contributed by atoms with Gasteiger partial charge in [-0.25, -0.2) is 14.4 Å². The second kappa shape index (κ2) is 10.9. The van der Waals surface area contributed by atoms with E-state index in [2.05, 4.69) is 25.9 Å². The summed E-state index contributed by atoms with van der Waals surface area (Å²) in [4.78, 5) is 33.8. The average Bonchev–Trinajstić information content (AvgIpc) is 2.88. The van der Waals surface area contributed by atoms with Crippen LogP contribution in [0.3, 0.4) is 0 Å². The molecule has 37 heavy (non-hydrogen) atoms. The van der Waals surface area contributed by atoms with Gasteiger partial charge in [-0.3, -0.25) is 9.59 Å². The van der Waals surface area contributed by atoms with Gasteiger partial charge in [-0.2, -0.15) is 13.2 Å². The molecule has 1 aromatic heterocycles. The number of benzene rings is 2. The van der Waals surface area contributed by atoms with E-state index in [1.165, 1.54) is 18.3 Å². The van der Waals surface area contributed by atoms with Crippen LogP contribution in [0.4, 0.5) is 23.4 Å². The summed E-state index contributed by atoms with van der Waals surface area (Å²) in [5.74, 6) is -2.18. The Morgan fingerprint density at radius 2 is 1.95 bits per heavy atom. The van der Waals surface area contributed by atoms with Crippen LogP contribution in [-0.4, -0.2) is 40.9 Å². The van der Waals surface area contributed by atoms with Crippen LogP contribution in [0.25, 0.3) is 11.3 Å². The summed E-state index contributed by atoms with van der Waals surface area (Å²) in [6.45, 7) is 1.07. The van der Waals surface area contributed by atoms with Gasteiger partial charge in [-0.15, -0.1) is 0 Å². The van der Waals surface area contributed by atoms with Crippen molar-refractivity contribution in [1.29, 1.82) is 0 Å². The molecule has 3 aromatic rings. The minimum absolute atomic E-state index is 0.0429. The van der Waals surface area contributed by atoms with E-state index in [0.717, 1.165) is 31.5 Å². The van der Waals surface area contributed by atoms with Gasteiger partial charge >= 0.3 is 6.18 Å². The average molecular weight is 516 g/mol. The van der Waals surface area contributed by atoms with Gasteiger partial charge in [0, 0.05) is 30.3 Å². The summed E-state index contributed by atoms with van der Waals surface area (Å²) in [6.07, 6.45) is -1.65. The second-order valence-electron chi connectivity index (χ2n) is 8.57. The highest BCUT2D eigenvalue weighted by Gasteiger charge is 2.33. The van der Waals surface area contributed by atoms with Crippen LogP contribution in [0.1, 0.15) is 44.8 Å². The number of nitrogens with two attached hydrogens (primary N) is 1. The van der Waals surface area contributed by atoms with E-state index < -0.39 is 35.9 Å². The van der Waals surface area contributed by atoms with E-state index in [1.807, 2.05) is 0 Å². The Kier molecular flexibility index (Phi) is 7.67. The van der Waals surface area contributed by atoms with Crippen molar-refractivity contribution in [3.05, 3.63) is 76.9 Å². The van der Waals surface area contributed by atoms with E-state index >= 15 is 0 Å². The number of carbonyl (C=O) groups is 2. The van der Waals surface area contributed by atoms with Gasteiger partial charge in [0.2, 0.25) is 0 Å². The molecule has 0 spiro atoms. The zero-order valence-electron chi connectivity index (χ0n) is 19.5. The second-order valence-corrected chi connectivity index (χ2v) is 8.57. The van der Waals surface area contributed by atoms with Gasteiger partial charge in [-0.1, -0.05) is 18.2 Å². The normalized spacial score (nSPS) is 15.7. The minimum atomic E-state index is -4.77. The number of carbonyl (C=O) groups excluding carboxylic acids is 2. The highest BCUT2D eigenvalue weighted by Crippen LogP contribution is 2.32. The first kappa shape index (κ1) is 26.0. The molecular formula is C25H24F4N6O2. The zero-order chi connectivity index (χ0) is 26.6. The minimum Gasteiger partial charge on any atom is -0.382 e. The lowest BCUT2D eigenvalue weighted by Gasteiger charge is -2.23. The van der Waals surface area contributed by atoms with E-state index in [9.17, 15) is 27.2 Å². The van der Waals surface area contributed by atoms with Crippen molar-refractivity contribution in [3.63, 3.8) is 0 Å². The number of nitrogens with one attached hydrogen (secondary N) is 3. The van der Waals surface area contributed by atoms with Crippen LogP contribution in [0, 0.1) is 5.82 Å². The molecule has 1 aliphatic rings. The number of nitrogen functional groups attached to an aromatic ring is 1. The fraction of sp³-hybridized carbons (Fsp3) is 0.280. The van der Waals surface area contributed by atoms with Crippen molar-refractivity contribution >= 4 is 17.6 Å². The maximum Gasteiger partial charge on any atom is 0.416 e. The molecule has 0 bridgehead atoms. The number of anilines is 1. The number of aromatic nitrogens is 2. The molecule has 1 fully saturated rings. The summed E-state index contributed by atoms with van der Waals surface area (Å²) in [6, 6.07) is 8.36. The molecule has 2 heterocycles. The lowest BCUT2D eigenvalue weighted by molar-refractivity contribution is -0.138. The van der Waals surface area contributed by atoms with E-state index in [1.54, 1.807) is 12.1 Å². The van der Waals surface area contributed by atoms with Gasteiger partial charge in [0.05, 0.1) is 17.5 Å². The van der Waals surface area contributed by atoms with Crippen molar-refractivity contribution in [2.75, 3.05) is 18.8 Å². The van der Waals surface area contributed by atoms with Gasteiger partial charge in [0.1, 0.15) is 5.82 Å². The van der Waals surface area contributed by atoms with Crippen LogP contribution < -0.4 is 21.7 Å². The Morgan fingerprint density at radius 1 is 1.14 bits per heavy atom. The lowest BCUT2D eigenvalue weighted by Crippen LogP contribution is -2.46. The van der Waals surface area contributed by atoms with Gasteiger partial charge in [0.25, 0.3) is 11.8 Å². The molecule has 194 valence electrons. The SMILES string of the molecule is Nc1ncc(-c2cccc(C(=O)NCc3ccc(F)cc3C(F)(F)F)c2)nc1C(=O)NC1CCCNC1. The lowest BCUT2D eigenvalue weighted by atomic mass is 10.1. The van der Waals surface area contributed by atoms with Crippen LogP contribution >= 0.6 is 0 Å². The number of hydrogen-bond acceptors (Lipinski definition) is 6. The molecule has 1 atom stereocenters. The molecule has 2 amide bonds. The molecular weight excluding hydrogens is 492 g/mol. The third-order valence-corrected chi connectivity index (χ3v) is 5.89. The van der Waals surface area contributed by atoms with E-state index in [4.69, 9.17) is 5.73 Å². The van der Waals surface area contributed by atoms with Crippen molar-refractivity contribution in [3.8, 4) is 11.3 Å². The standard InChI is InChI=1S/C25H24F4N6O2/c26-17-7-6-16(19(10-17)25(27,28)29)11-33-23(36)15-4-1-3-14(9-15)20-13-32-22(30)21(35-20)24(37)34-18-5-2-8-31-12-18/h1,3-4,6-7,9-10,13,18,31H,2,5,8,11-12H2,(H2,30,32)(H,33,36)(H,34,37). The summed E-state index contributed by atoms with van der Waals surface area (Å²) in [5, 5.41) is 8.51. The number of piperidine rings is 1. The molecule has 8 nitrogen and oxygen atoms in total. The number of hydrogen-bond donors (Lipinski definition) is 4. The van der Waals surface area contributed by atoms with Crippen molar-refractivity contribution < 1.29 is 27.2 Å².